The molecule has 1 fully saturated rings. The molecule has 116 valence electrons. The molecule has 0 radical (unpaired) electrons. The summed E-state index contributed by atoms with van der Waals surface area (Å²) in [4.78, 5) is 23.8. The van der Waals surface area contributed by atoms with Crippen molar-refractivity contribution in [1.29, 1.82) is 0 Å². The lowest BCUT2D eigenvalue weighted by molar-refractivity contribution is -0.131. The summed E-state index contributed by atoms with van der Waals surface area (Å²) in [7, 11) is 0. The molecule has 0 saturated carbocycles. The maximum absolute atomic E-state index is 12.2. The van der Waals surface area contributed by atoms with Crippen molar-refractivity contribution >= 4 is 40.2 Å². The van der Waals surface area contributed by atoms with Crippen LogP contribution in [0.5, 0.6) is 0 Å². The van der Waals surface area contributed by atoms with Gasteiger partial charge in [0.05, 0.1) is 0 Å². The molecule has 1 aliphatic heterocycles. The van der Waals surface area contributed by atoms with Crippen LogP contribution in [0.4, 0.5) is 0 Å². The van der Waals surface area contributed by atoms with Crippen LogP contribution in [0, 0.1) is 11.8 Å². The second kappa shape index (κ2) is 7.77. The van der Waals surface area contributed by atoms with E-state index in [0.717, 1.165) is 17.6 Å². The van der Waals surface area contributed by atoms with Gasteiger partial charge in [-0.05, 0) is 36.7 Å². The summed E-state index contributed by atoms with van der Waals surface area (Å²) in [6.07, 6.45) is 0. The van der Waals surface area contributed by atoms with Crippen LogP contribution < -0.4 is 16.4 Å². The summed E-state index contributed by atoms with van der Waals surface area (Å²) in [5.74, 6) is -0.507. The van der Waals surface area contributed by atoms with E-state index in [0.29, 0.717) is 11.5 Å². The topological polar surface area (TPSA) is 84.2 Å². The Hall–Kier alpha value is -1.11. The molecule has 0 aromatic heterocycles. The monoisotopic (exact) mass is 375 g/mol. The van der Waals surface area contributed by atoms with Crippen LogP contribution in [0.15, 0.2) is 28.7 Å². The molecule has 0 aliphatic carbocycles. The number of halogens is 2. The third-order valence-corrected chi connectivity index (χ3v) is 4.18. The summed E-state index contributed by atoms with van der Waals surface area (Å²) >= 11 is 3.35. The van der Waals surface area contributed by atoms with E-state index >= 15 is 0 Å². The summed E-state index contributed by atoms with van der Waals surface area (Å²) in [6.45, 7) is 3.55. The van der Waals surface area contributed by atoms with Gasteiger partial charge in [-0.15, -0.1) is 12.4 Å². The van der Waals surface area contributed by atoms with Crippen LogP contribution in [-0.2, 0) is 9.59 Å². The fourth-order valence-corrected chi connectivity index (χ4v) is 2.57. The van der Waals surface area contributed by atoms with Crippen LogP contribution in [0.1, 0.15) is 18.5 Å². The van der Waals surface area contributed by atoms with Gasteiger partial charge in [-0.3, -0.25) is 9.59 Å². The normalized spacial score (nSPS) is 17.0. The molecule has 1 aromatic carbocycles. The second-order valence-electron chi connectivity index (χ2n) is 5.11. The molecule has 0 bridgehead atoms. The van der Waals surface area contributed by atoms with Crippen molar-refractivity contribution in [3.63, 3.8) is 0 Å². The minimum Gasteiger partial charge on any atom is -0.368 e. The van der Waals surface area contributed by atoms with Gasteiger partial charge in [0, 0.05) is 10.4 Å². The highest BCUT2D eigenvalue weighted by atomic mass is 79.9. The third kappa shape index (κ3) is 4.43. The molecular formula is C14H19BrClN3O2. The first kappa shape index (κ1) is 17.9. The molecular weight excluding hydrogens is 358 g/mol. The van der Waals surface area contributed by atoms with Crippen molar-refractivity contribution in [1.82, 2.24) is 10.6 Å². The van der Waals surface area contributed by atoms with Crippen molar-refractivity contribution in [3.8, 4) is 0 Å². The van der Waals surface area contributed by atoms with E-state index in [1.807, 2.05) is 13.0 Å². The number of carbonyl (C=O) groups excluding carboxylic acids is 2. The van der Waals surface area contributed by atoms with E-state index in [-0.39, 0.29) is 24.2 Å². The van der Waals surface area contributed by atoms with Crippen LogP contribution in [0.2, 0.25) is 0 Å². The Balaban J connectivity index is 0.00000220. The van der Waals surface area contributed by atoms with Crippen molar-refractivity contribution in [2.24, 2.45) is 17.6 Å². The first-order valence-corrected chi connectivity index (χ1v) is 7.34. The van der Waals surface area contributed by atoms with E-state index in [4.69, 9.17) is 5.73 Å². The molecule has 4 N–H and O–H groups in total. The third-order valence-electron chi connectivity index (χ3n) is 3.69. The predicted molar refractivity (Wildman–Crippen MR) is 87.0 cm³/mol. The molecule has 7 heteroatoms. The zero-order valence-corrected chi connectivity index (χ0v) is 14.0. The SMILES string of the molecule is CC(C(=O)NC(C(N)=O)c1cccc(Br)c1)C1CNC1.Cl. The maximum Gasteiger partial charge on any atom is 0.244 e. The molecule has 1 aromatic rings. The zero-order valence-electron chi connectivity index (χ0n) is 11.6. The molecule has 2 amide bonds. The van der Waals surface area contributed by atoms with Gasteiger partial charge in [0.15, 0.2) is 0 Å². The number of carbonyl (C=O) groups is 2. The number of primary amides is 1. The van der Waals surface area contributed by atoms with Gasteiger partial charge < -0.3 is 16.4 Å². The fraction of sp³-hybridized carbons (Fsp3) is 0.429. The summed E-state index contributed by atoms with van der Waals surface area (Å²) in [6, 6.07) is 6.42. The molecule has 2 atom stereocenters. The van der Waals surface area contributed by atoms with E-state index in [9.17, 15) is 9.59 Å². The van der Waals surface area contributed by atoms with Crippen molar-refractivity contribution in [2.75, 3.05) is 13.1 Å². The number of rotatable bonds is 5. The molecule has 21 heavy (non-hydrogen) atoms. The largest absolute Gasteiger partial charge is 0.368 e. The van der Waals surface area contributed by atoms with Crippen molar-refractivity contribution in [2.45, 2.75) is 13.0 Å². The summed E-state index contributed by atoms with van der Waals surface area (Å²) in [5.41, 5.74) is 6.09. The Morgan fingerprint density at radius 3 is 2.57 bits per heavy atom. The lowest BCUT2D eigenvalue weighted by atomic mass is 9.88. The lowest BCUT2D eigenvalue weighted by Gasteiger charge is -2.32. The standard InChI is InChI=1S/C14H18BrN3O2.ClH/c1-8(10-6-17-7-10)14(20)18-12(13(16)19)9-3-2-4-11(15)5-9;/h2-5,8,10,12,17H,6-7H2,1H3,(H2,16,19)(H,18,20);1H. The number of nitrogens with one attached hydrogen (secondary N) is 2. The number of hydrogen-bond acceptors (Lipinski definition) is 3. The fourth-order valence-electron chi connectivity index (χ4n) is 2.16. The Labute approximate surface area is 138 Å². The van der Waals surface area contributed by atoms with Gasteiger partial charge in [-0.25, -0.2) is 0 Å². The van der Waals surface area contributed by atoms with Crippen molar-refractivity contribution < 1.29 is 9.59 Å². The summed E-state index contributed by atoms with van der Waals surface area (Å²) in [5, 5.41) is 5.88. The van der Waals surface area contributed by atoms with Crippen LogP contribution in [0.3, 0.4) is 0 Å². The van der Waals surface area contributed by atoms with Gasteiger partial charge >= 0.3 is 0 Å². The van der Waals surface area contributed by atoms with Gasteiger partial charge in [0.25, 0.3) is 0 Å². The van der Waals surface area contributed by atoms with Crippen LogP contribution in [-0.4, -0.2) is 24.9 Å². The summed E-state index contributed by atoms with van der Waals surface area (Å²) < 4.78 is 0.840. The van der Waals surface area contributed by atoms with Crippen molar-refractivity contribution in [3.05, 3.63) is 34.3 Å². The number of hydrogen-bond donors (Lipinski definition) is 3. The number of nitrogens with two attached hydrogens (primary N) is 1. The Kier molecular flexibility index (Phi) is 6.64. The molecule has 0 spiro atoms. The Morgan fingerprint density at radius 2 is 2.10 bits per heavy atom. The lowest BCUT2D eigenvalue weighted by Crippen LogP contribution is -2.50. The number of benzene rings is 1. The second-order valence-corrected chi connectivity index (χ2v) is 6.02. The van der Waals surface area contributed by atoms with Crippen LogP contribution in [0.25, 0.3) is 0 Å². The molecule has 2 rings (SSSR count). The van der Waals surface area contributed by atoms with Gasteiger partial charge in [0.2, 0.25) is 11.8 Å². The van der Waals surface area contributed by atoms with E-state index < -0.39 is 11.9 Å². The van der Waals surface area contributed by atoms with Gasteiger partial charge in [-0.2, -0.15) is 0 Å². The average Bonchev–Trinajstić information content (AvgIpc) is 2.33. The maximum atomic E-state index is 12.2. The highest BCUT2D eigenvalue weighted by Crippen LogP contribution is 2.21. The smallest absolute Gasteiger partial charge is 0.244 e. The van der Waals surface area contributed by atoms with Crippen LogP contribution >= 0.6 is 28.3 Å². The zero-order chi connectivity index (χ0) is 14.7. The first-order chi connectivity index (χ1) is 9.49. The Bertz CT molecular complexity index is 523. The van der Waals surface area contributed by atoms with E-state index in [2.05, 4.69) is 26.6 Å². The van der Waals surface area contributed by atoms with Gasteiger partial charge in [-0.1, -0.05) is 35.0 Å². The Morgan fingerprint density at radius 1 is 1.43 bits per heavy atom. The van der Waals surface area contributed by atoms with E-state index in [1.165, 1.54) is 0 Å². The molecule has 2 unspecified atom stereocenters. The highest BCUT2D eigenvalue weighted by Gasteiger charge is 2.31. The molecule has 1 heterocycles. The minimum atomic E-state index is -0.796. The average molecular weight is 377 g/mol. The highest BCUT2D eigenvalue weighted by molar-refractivity contribution is 9.10. The van der Waals surface area contributed by atoms with Gasteiger partial charge in [0.1, 0.15) is 6.04 Å². The molecule has 5 nitrogen and oxygen atoms in total. The number of amides is 2. The predicted octanol–water partition coefficient (Wildman–Crippen LogP) is 1.37. The first-order valence-electron chi connectivity index (χ1n) is 6.55. The minimum absolute atomic E-state index is 0. The molecule has 1 aliphatic rings. The molecule has 1 saturated heterocycles. The van der Waals surface area contributed by atoms with E-state index in [1.54, 1.807) is 18.2 Å². The quantitative estimate of drug-likeness (QED) is 0.725.